The van der Waals surface area contributed by atoms with Gasteiger partial charge in [-0.3, -0.25) is 0 Å². The van der Waals surface area contributed by atoms with E-state index in [1.807, 2.05) is 18.4 Å². The van der Waals surface area contributed by atoms with Gasteiger partial charge in [0.1, 0.15) is 0 Å². The molecule has 1 fully saturated rings. The predicted molar refractivity (Wildman–Crippen MR) is 73.2 cm³/mol. The maximum absolute atomic E-state index is 4.94. The highest BCUT2D eigenvalue weighted by Crippen LogP contribution is 2.38. The monoisotopic (exact) mass is 251 g/mol. The lowest BCUT2D eigenvalue weighted by Gasteiger charge is -2.20. The van der Waals surface area contributed by atoms with E-state index in [-0.39, 0.29) is 0 Å². The summed E-state index contributed by atoms with van der Waals surface area (Å²) in [4.78, 5) is 8.96. The number of thiazole rings is 1. The zero-order valence-corrected chi connectivity index (χ0v) is 11.4. The van der Waals surface area contributed by atoms with Gasteiger partial charge in [0.25, 0.3) is 0 Å². The normalized spacial score (nSPS) is 24.1. The topological polar surface area (TPSA) is 28.2 Å². The lowest BCUT2D eigenvalue weighted by atomic mass is 9.91. The zero-order valence-electron chi connectivity index (χ0n) is 10.5. The SMILES string of the molecule is CNCC1CCCc2sc(N3CCCC3)nc21. The Balaban J connectivity index is 1.84. The molecule has 0 saturated carbocycles. The third-order valence-corrected chi connectivity index (χ3v) is 5.08. The van der Waals surface area contributed by atoms with E-state index in [2.05, 4.69) is 10.2 Å². The molecule has 1 saturated heterocycles. The molecule has 1 atom stereocenters. The van der Waals surface area contributed by atoms with Gasteiger partial charge in [-0.1, -0.05) is 0 Å². The Morgan fingerprint density at radius 1 is 1.35 bits per heavy atom. The minimum Gasteiger partial charge on any atom is -0.348 e. The molecule has 1 N–H and O–H groups in total. The largest absolute Gasteiger partial charge is 0.348 e. The second-order valence-corrected chi connectivity index (χ2v) is 6.21. The molecule has 0 radical (unpaired) electrons. The predicted octanol–water partition coefficient (Wildman–Crippen LogP) is 2.38. The maximum atomic E-state index is 4.94. The Kier molecular flexibility index (Phi) is 3.34. The van der Waals surface area contributed by atoms with E-state index in [1.54, 1.807) is 4.88 Å². The van der Waals surface area contributed by atoms with Crippen LogP contribution in [0.2, 0.25) is 0 Å². The van der Waals surface area contributed by atoms with Gasteiger partial charge in [0, 0.05) is 30.4 Å². The van der Waals surface area contributed by atoms with Gasteiger partial charge in [-0.05, 0) is 39.2 Å². The number of likely N-dealkylation sites (N-methyl/N-ethyl adjacent to an activating group) is 1. The van der Waals surface area contributed by atoms with E-state index in [4.69, 9.17) is 4.98 Å². The number of anilines is 1. The molecule has 0 bridgehead atoms. The fraction of sp³-hybridized carbons (Fsp3) is 0.769. The van der Waals surface area contributed by atoms with Crippen LogP contribution in [0.3, 0.4) is 0 Å². The van der Waals surface area contributed by atoms with Gasteiger partial charge >= 0.3 is 0 Å². The lowest BCUT2D eigenvalue weighted by Crippen LogP contribution is -2.21. The van der Waals surface area contributed by atoms with Crippen LogP contribution >= 0.6 is 11.3 Å². The molecule has 1 aromatic rings. The van der Waals surface area contributed by atoms with Crippen molar-refractivity contribution in [3.8, 4) is 0 Å². The summed E-state index contributed by atoms with van der Waals surface area (Å²) < 4.78 is 0. The molecule has 3 rings (SSSR count). The first kappa shape index (κ1) is 11.5. The molecule has 2 heterocycles. The van der Waals surface area contributed by atoms with Crippen LogP contribution < -0.4 is 10.2 Å². The van der Waals surface area contributed by atoms with Gasteiger partial charge in [0.05, 0.1) is 5.69 Å². The molecule has 1 unspecified atom stereocenters. The third kappa shape index (κ3) is 2.20. The highest BCUT2D eigenvalue weighted by molar-refractivity contribution is 7.15. The Hall–Kier alpha value is -0.610. The Bertz CT molecular complexity index is 382. The first-order valence-corrected chi connectivity index (χ1v) is 7.59. The van der Waals surface area contributed by atoms with Crippen LogP contribution in [0.15, 0.2) is 0 Å². The summed E-state index contributed by atoms with van der Waals surface area (Å²) in [6, 6.07) is 0. The summed E-state index contributed by atoms with van der Waals surface area (Å²) in [7, 11) is 2.04. The van der Waals surface area contributed by atoms with E-state index in [0.29, 0.717) is 5.92 Å². The fourth-order valence-electron chi connectivity index (χ4n) is 2.98. The number of fused-ring (bicyclic) bond motifs is 1. The van der Waals surface area contributed by atoms with Gasteiger partial charge in [-0.15, -0.1) is 11.3 Å². The minimum atomic E-state index is 0.649. The van der Waals surface area contributed by atoms with Crippen LogP contribution in [0.1, 0.15) is 42.2 Å². The maximum Gasteiger partial charge on any atom is 0.185 e. The van der Waals surface area contributed by atoms with Crippen molar-refractivity contribution in [2.24, 2.45) is 0 Å². The van der Waals surface area contributed by atoms with Crippen molar-refractivity contribution in [3.05, 3.63) is 10.6 Å². The number of hydrogen-bond acceptors (Lipinski definition) is 4. The quantitative estimate of drug-likeness (QED) is 0.894. The van der Waals surface area contributed by atoms with Crippen molar-refractivity contribution in [1.82, 2.24) is 10.3 Å². The molecule has 1 aliphatic carbocycles. The number of hydrogen-bond donors (Lipinski definition) is 1. The van der Waals surface area contributed by atoms with Gasteiger partial charge in [0.15, 0.2) is 5.13 Å². The minimum absolute atomic E-state index is 0.649. The Morgan fingerprint density at radius 3 is 2.94 bits per heavy atom. The molecule has 94 valence electrons. The smallest absolute Gasteiger partial charge is 0.185 e. The summed E-state index contributed by atoms with van der Waals surface area (Å²) in [5.74, 6) is 0.649. The Morgan fingerprint density at radius 2 is 2.18 bits per heavy atom. The Labute approximate surface area is 107 Å². The van der Waals surface area contributed by atoms with Crippen molar-refractivity contribution >= 4 is 16.5 Å². The van der Waals surface area contributed by atoms with Gasteiger partial charge in [0.2, 0.25) is 0 Å². The molecule has 2 aliphatic rings. The van der Waals surface area contributed by atoms with Crippen molar-refractivity contribution < 1.29 is 0 Å². The second-order valence-electron chi connectivity index (χ2n) is 5.15. The lowest BCUT2D eigenvalue weighted by molar-refractivity contribution is 0.522. The molecule has 17 heavy (non-hydrogen) atoms. The van der Waals surface area contributed by atoms with Gasteiger partial charge in [-0.25, -0.2) is 4.98 Å². The van der Waals surface area contributed by atoms with Crippen LogP contribution in [0, 0.1) is 0 Å². The summed E-state index contributed by atoms with van der Waals surface area (Å²) in [5, 5.41) is 4.60. The molecular weight excluding hydrogens is 230 g/mol. The molecule has 3 nitrogen and oxygen atoms in total. The summed E-state index contributed by atoms with van der Waals surface area (Å²) in [6.07, 6.45) is 6.56. The van der Waals surface area contributed by atoms with E-state index < -0.39 is 0 Å². The van der Waals surface area contributed by atoms with E-state index in [0.717, 1.165) is 6.54 Å². The molecule has 0 aromatic carbocycles. The van der Waals surface area contributed by atoms with Crippen molar-refractivity contribution in [3.63, 3.8) is 0 Å². The van der Waals surface area contributed by atoms with Crippen molar-refractivity contribution in [1.29, 1.82) is 0 Å². The fourth-order valence-corrected chi connectivity index (χ4v) is 4.22. The van der Waals surface area contributed by atoms with Crippen molar-refractivity contribution in [2.75, 3.05) is 31.6 Å². The molecule has 0 amide bonds. The van der Waals surface area contributed by atoms with Crippen LogP contribution in [-0.4, -0.2) is 31.7 Å². The number of nitrogens with one attached hydrogen (secondary N) is 1. The first-order valence-electron chi connectivity index (χ1n) is 6.77. The third-order valence-electron chi connectivity index (χ3n) is 3.89. The number of aryl methyl sites for hydroxylation is 1. The van der Waals surface area contributed by atoms with E-state index in [1.165, 1.54) is 56.0 Å². The highest BCUT2D eigenvalue weighted by Gasteiger charge is 2.26. The van der Waals surface area contributed by atoms with Crippen LogP contribution in [0.25, 0.3) is 0 Å². The van der Waals surface area contributed by atoms with Crippen molar-refractivity contribution in [2.45, 2.75) is 38.0 Å². The number of aromatic nitrogens is 1. The van der Waals surface area contributed by atoms with Gasteiger partial charge in [-0.2, -0.15) is 0 Å². The van der Waals surface area contributed by atoms with Gasteiger partial charge < -0.3 is 10.2 Å². The summed E-state index contributed by atoms with van der Waals surface area (Å²) in [5.41, 5.74) is 1.40. The van der Waals surface area contributed by atoms with Crippen LogP contribution in [0.5, 0.6) is 0 Å². The molecule has 1 aromatic heterocycles. The molecule has 0 spiro atoms. The molecule has 4 heteroatoms. The highest BCUT2D eigenvalue weighted by atomic mass is 32.1. The average Bonchev–Trinajstić information content (AvgIpc) is 2.98. The average molecular weight is 251 g/mol. The molecule has 1 aliphatic heterocycles. The van der Waals surface area contributed by atoms with E-state index in [9.17, 15) is 0 Å². The van der Waals surface area contributed by atoms with Crippen LogP contribution in [-0.2, 0) is 6.42 Å². The van der Waals surface area contributed by atoms with E-state index >= 15 is 0 Å². The summed E-state index contributed by atoms with van der Waals surface area (Å²) >= 11 is 1.95. The van der Waals surface area contributed by atoms with Crippen LogP contribution in [0.4, 0.5) is 5.13 Å². The second kappa shape index (κ2) is 4.94. The number of rotatable bonds is 3. The summed E-state index contributed by atoms with van der Waals surface area (Å²) in [6.45, 7) is 3.50. The number of nitrogens with zero attached hydrogens (tertiary/aromatic N) is 2. The zero-order chi connectivity index (χ0) is 11.7. The molecular formula is C13H21N3S. The first-order chi connectivity index (χ1) is 8.38. The standard InChI is InChI=1S/C13H21N3S/c1-14-9-10-5-4-6-11-12(10)15-13(17-11)16-7-2-3-8-16/h10,14H,2-9H2,1H3.